The zero-order chi connectivity index (χ0) is 13.1. The molecule has 0 aliphatic carbocycles. The van der Waals surface area contributed by atoms with E-state index < -0.39 is 0 Å². The number of hydrogen-bond acceptors (Lipinski definition) is 3. The maximum absolute atomic E-state index is 10.9. The lowest BCUT2D eigenvalue weighted by molar-refractivity contribution is -0.140. The number of aryl methyl sites for hydroxylation is 1. The van der Waals surface area contributed by atoms with Crippen LogP contribution < -0.4 is 5.32 Å². The Kier molecular flexibility index (Phi) is 11.3. The number of halogens is 1. The van der Waals surface area contributed by atoms with Crippen molar-refractivity contribution in [3.8, 4) is 0 Å². The third-order valence-corrected chi connectivity index (χ3v) is 2.87. The molecule has 0 amide bonds. The maximum Gasteiger partial charge on any atom is 0.305 e. The van der Waals surface area contributed by atoms with Crippen LogP contribution >= 0.6 is 12.4 Å². The van der Waals surface area contributed by atoms with Gasteiger partial charge in [-0.15, -0.1) is 12.4 Å². The van der Waals surface area contributed by atoms with Crippen molar-refractivity contribution in [3.63, 3.8) is 0 Å². The largest absolute Gasteiger partial charge is 0.469 e. The van der Waals surface area contributed by atoms with Gasteiger partial charge in [-0.25, -0.2) is 0 Å². The van der Waals surface area contributed by atoms with Gasteiger partial charge in [0.25, 0.3) is 0 Å². The van der Waals surface area contributed by atoms with Crippen molar-refractivity contribution in [1.29, 1.82) is 0 Å². The molecule has 1 N–H and O–H groups in total. The average Bonchev–Trinajstić information content (AvgIpc) is 2.42. The molecule has 1 aromatic carbocycles. The maximum atomic E-state index is 10.9. The van der Waals surface area contributed by atoms with Crippen molar-refractivity contribution in [1.82, 2.24) is 5.32 Å². The number of rotatable bonds is 9. The predicted octanol–water partition coefficient (Wildman–Crippen LogP) is 2.97. The van der Waals surface area contributed by atoms with Crippen molar-refractivity contribution in [2.45, 2.75) is 32.1 Å². The van der Waals surface area contributed by atoms with Crippen LogP contribution in [0.1, 0.15) is 31.2 Å². The molecule has 0 aromatic heterocycles. The third kappa shape index (κ3) is 9.51. The molecule has 0 saturated carbocycles. The van der Waals surface area contributed by atoms with Crippen molar-refractivity contribution in [3.05, 3.63) is 35.9 Å². The summed E-state index contributed by atoms with van der Waals surface area (Å²) in [5.41, 5.74) is 1.39. The van der Waals surface area contributed by atoms with Crippen LogP contribution in [-0.4, -0.2) is 26.2 Å². The molecule has 0 saturated heterocycles. The molecule has 0 atom stereocenters. The van der Waals surface area contributed by atoms with Crippen LogP contribution in [0.15, 0.2) is 30.3 Å². The fourth-order valence-electron chi connectivity index (χ4n) is 1.81. The summed E-state index contributed by atoms with van der Waals surface area (Å²) in [5, 5.41) is 3.40. The minimum Gasteiger partial charge on any atom is -0.469 e. The van der Waals surface area contributed by atoms with Crippen molar-refractivity contribution < 1.29 is 9.53 Å². The summed E-state index contributed by atoms with van der Waals surface area (Å²) in [7, 11) is 1.43. The van der Waals surface area contributed by atoms with Gasteiger partial charge in [0.15, 0.2) is 0 Å². The second kappa shape index (κ2) is 12.0. The van der Waals surface area contributed by atoms with Gasteiger partial charge in [-0.05, 0) is 44.3 Å². The summed E-state index contributed by atoms with van der Waals surface area (Å²) in [4.78, 5) is 10.9. The molecule has 1 rings (SSSR count). The molecule has 0 unspecified atom stereocenters. The molecule has 0 aliphatic rings. The molecule has 0 heterocycles. The van der Waals surface area contributed by atoms with Gasteiger partial charge >= 0.3 is 5.97 Å². The first-order chi connectivity index (χ1) is 8.83. The molecule has 0 radical (unpaired) electrons. The SMILES string of the molecule is COC(=O)CCCCNCCCc1ccccc1.Cl. The number of nitrogens with one attached hydrogen (secondary N) is 1. The van der Waals surface area contributed by atoms with Crippen LogP contribution in [0, 0.1) is 0 Å². The van der Waals surface area contributed by atoms with Crippen LogP contribution in [0.25, 0.3) is 0 Å². The number of carbonyl (C=O) groups excluding carboxylic acids is 1. The van der Waals surface area contributed by atoms with Gasteiger partial charge in [0.1, 0.15) is 0 Å². The molecule has 0 aliphatic heterocycles. The molecule has 1 aromatic rings. The molecule has 19 heavy (non-hydrogen) atoms. The average molecular weight is 286 g/mol. The predicted molar refractivity (Wildman–Crippen MR) is 80.7 cm³/mol. The van der Waals surface area contributed by atoms with Crippen molar-refractivity contribution in [2.24, 2.45) is 0 Å². The highest BCUT2D eigenvalue weighted by molar-refractivity contribution is 5.85. The lowest BCUT2D eigenvalue weighted by Gasteiger charge is -2.04. The van der Waals surface area contributed by atoms with E-state index in [0.29, 0.717) is 6.42 Å². The summed E-state index contributed by atoms with van der Waals surface area (Å²) in [6.45, 7) is 2.01. The van der Waals surface area contributed by atoms with Crippen LogP contribution in [-0.2, 0) is 16.0 Å². The molecule has 108 valence electrons. The smallest absolute Gasteiger partial charge is 0.305 e. The minimum atomic E-state index is -0.112. The van der Waals surface area contributed by atoms with Gasteiger partial charge in [-0.1, -0.05) is 30.3 Å². The molecule has 4 heteroatoms. The number of hydrogen-bond donors (Lipinski definition) is 1. The van der Waals surface area contributed by atoms with Gasteiger partial charge < -0.3 is 10.1 Å². The number of unbranched alkanes of at least 4 members (excludes halogenated alkanes) is 1. The first kappa shape index (κ1) is 17.9. The van der Waals surface area contributed by atoms with E-state index >= 15 is 0 Å². The van der Waals surface area contributed by atoms with Crippen LogP contribution in [0.3, 0.4) is 0 Å². The molecule has 0 spiro atoms. The van der Waals surface area contributed by atoms with Gasteiger partial charge in [0, 0.05) is 6.42 Å². The quantitative estimate of drug-likeness (QED) is 0.560. The van der Waals surface area contributed by atoms with Gasteiger partial charge in [-0.3, -0.25) is 4.79 Å². The van der Waals surface area contributed by atoms with Crippen LogP contribution in [0.2, 0.25) is 0 Å². The summed E-state index contributed by atoms with van der Waals surface area (Å²) in [6.07, 6.45) is 4.73. The lowest BCUT2D eigenvalue weighted by Crippen LogP contribution is -2.17. The molecule has 0 bridgehead atoms. The number of carbonyl (C=O) groups is 1. The Hall–Kier alpha value is -1.06. The second-order valence-electron chi connectivity index (χ2n) is 4.37. The van der Waals surface area contributed by atoms with Crippen LogP contribution in [0.5, 0.6) is 0 Å². The number of esters is 1. The van der Waals surface area contributed by atoms with Gasteiger partial charge in [-0.2, -0.15) is 0 Å². The highest BCUT2D eigenvalue weighted by Crippen LogP contribution is 2.01. The number of benzene rings is 1. The number of ether oxygens (including phenoxy) is 1. The van der Waals surface area contributed by atoms with Crippen LogP contribution in [0.4, 0.5) is 0 Å². The standard InChI is InChI=1S/C15H23NO2.ClH/c1-18-15(17)11-5-6-12-16-13-7-10-14-8-3-2-4-9-14;/h2-4,8-9,16H,5-7,10-13H2,1H3;1H. The third-order valence-electron chi connectivity index (χ3n) is 2.87. The van der Waals surface area contributed by atoms with Gasteiger partial charge in [0.2, 0.25) is 0 Å². The van der Waals surface area contributed by atoms with E-state index in [1.54, 1.807) is 0 Å². The zero-order valence-electron chi connectivity index (χ0n) is 11.6. The Morgan fingerprint density at radius 2 is 1.79 bits per heavy atom. The Labute approximate surface area is 122 Å². The molecular formula is C15H24ClNO2. The molecule has 0 fully saturated rings. The Morgan fingerprint density at radius 1 is 1.11 bits per heavy atom. The molecule has 3 nitrogen and oxygen atoms in total. The van der Waals surface area contributed by atoms with E-state index in [1.165, 1.54) is 12.7 Å². The van der Waals surface area contributed by atoms with E-state index in [2.05, 4.69) is 34.3 Å². The van der Waals surface area contributed by atoms with E-state index in [1.807, 2.05) is 6.07 Å². The van der Waals surface area contributed by atoms with E-state index in [9.17, 15) is 4.79 Å². The monoisotopic (exact) mass is 285 g/mol. The fraction of sp³-hybridized carbons (Fsp3) is 0.533. The van der Waals surface area contributed by atoms with E-state index in [0.717, 1.165) is 38.8 Å². The summed E-state index contributed by atoms with van der Waals surface area (Å²) >= 11 is 0. The number of methoxy groups -OCH3 is 1. The van der Waals surface area contributed by atoms with Crippen molar-refractivity contribution >= 4 is 18.4 Å². The normalized spacial score (nSPS) is 9.74. The Morgan fingerprint density at radius 3 is 2.47 bits per heavy atom. The van der Waals surface area contributed by atoms with E-state index in [-0.39, 0.29) is 18.4 Å². The summed E-state index contributed by atoms with van der Waals surface area (Å²) in [5.74, 6) is -0.112. The first-order valence-corrected chi connectivity index (χ1v) is 6.64. The van der Waals surface area contributed by atoms with E-state index in [4.69, 9.17) is 0 Å². The summed E-state index contributed by atoms with van der Waals surface area (Å²) < 4.78 is 4.58. The fourth-order valence-corrected chi connectivity index (χ4v) is 1.81. The zero-order valence-corrected chi connectivity index (χ0v) is 12.4. The first-order valence-electron chi connectivity index (χ1n) is 6.64. The highest BCUT2D eigenvalue weighted by atomic mass is 35.5. The Balaban J connectivity index is 0.00000324. The Bertz CT molecular complexity index is 330. The minimum absolute atomic E-state index is 0. The molecular weight excluding hydrogens is 262 g/mol. The topological polar surface area (TPSA) is 38.3 Å². The lowest BCUT2D eigenvalue weighted by atomic mass is 10.1. The summed E-state index contributed by atoms with van der Waals surface area (Å²) in [6, 6.07) is 10.5. The van der Waals surface area contributed by atoms with Gasteiger partial charge in [0.05, 0.1) is 7.11 Å². The second-order valence-corrected chi connectivity index (χ2v) is 4.37. The highest BCUT2D eigenvalue weighted by Gasteiger charge is 1.98. The van der Waals surface area contributed by atoms with Crippen molar-refractivity contribution in [2.75, 3.05) is 20.2 Å².